The lowest BCUT2D eigenvalue weighted by molar-refractivity contribution is -0.125. The van der Waals surface area contributed by atoms with Crippen LogP contribution in [0.25, 0.3) is 0 Å². The first-order chi connectivity index (χ1) is 18.4. The highest BCUT2D eigenvalue weighted by atomic mass is 16.5. The molecule has 4 rings (SSSR count). The first kappa shape index (κ1) is 26.7. The normalized spacial score (nSPS) is 14.3. The van der Waals surface area contributed by atoms with Gasteiger partial charge >= 0.3 is 0 Å². The molecule has 2 N–H and O–H groups in total. The van der Waals surface area contributed by atoms with E-state index in [0.717, 1.165) is 43.4 Å². The molecular formula is C29H32N4O5. The first-order valence-corrected chi connectivity index (χ1v) is 12.6. The van der Waals surface area contributed by atoms with Crippen LogP contribution in [0.2, 0.25) is 0 Å². The minimum Gasteiger partial charge on any atom is -0.497 e. The van der Waals surface area contributed by atoms with Crippen LogP contribution in [0.4, 0.5) is 11.5 Å². The van der Waals surface area contributed by atoms with Crippen molar-refractivity contribution in [2.45, 2.75) is 51.6 Å². The number of nitrogens with one attached hydrogen (secondary N) is 2. The van der Waals surface area contributed by atoms with Gasteiger partial charge in [0.25, 0.3) is 5.91 Å². The molecule has 1 aromatic heterocycles. The summed E-state index contributed by atoms with van der Waals surface area (Å²) >= 11 is 0. The first-order valence-electron chi connectivity index (χ1n) is 12.6. The Hall–Kier alpha value is -4.40. The third kappa shape index (κ3) is 6.47. The number of amides is 3. The van der Waals surface area contributed by atoms with E-state index in [4.69, 9.17) is 9.26 Å². The van der Waals surface area contributed by atoms with Crippen molar-refractivity contribution < 1.29 is 23.6 Å². The van der Waals surface area contributed by atoms with Crippen LogP contribution in [0.3, 0.4) is 0 Å². The standard InChI is InChI=1S/C29H32N4O5/c1-19-8-4-7-11-24(19)28(29(36)30-21-9-5-6-10-21)33(22-12-14-23(37-3)15-13-22)27(35)17-16-26(34)31-25-18-20(2)38-32-25/h4,7-8,11-18,21,28H,5-6,9-10H2,1-3H3,(H,30,36)(H,31,32,34)/b17-16+/t28-/m0/s1. The number of aromatic nitrogens is 1. The number of benzene rings is 2. The summed E-state index contributed by atoms with van der Waals surface area (Å²) in [6.45, 7) is 3.61. The molecule has 0 spiro atoms. The molecule has 198 valence electrons. The number of carbonyl (C=O) groups is 3. The molecule has 0 radical (unpaired) electrons. The van der Waals surface area contributed by atoms with Crippen LogP contribution >= 0.6 is 0 Å². The van der Waals surface area contributed by atoms with Gasteiger partial charge in [-0.1, -0.05) is 42.3 Å². The van der Waals surface area contributed by atoms with E-state index in [1.165, 1.54) is 4.90 Å². The number of anilines is 2. The van der Waals surface area contributed by atoms with Crippen molar-refractivity contribution in [3.05, 3.63) is 83.6 Å². The summed E-state index contributed by atoms with van der Waals surface area (Å²) in [6.07, 6.45) is 6.20. The second-order valence-electron chi connectivity index (χ2n) is 9.30. The lowest BCUT2D eigenvalue weighted by Crippen LogP contribution is -2.46. The predicted molar refractivity (Wildman–Crippen MR) is 144 cm³/mol. The minimum atomic E-state index is -0.955. The Morgan fingerprint density at radius 1 is 1.05 bits per heavy atom. The van der Waals surface area contributed by atoms with Gasteiger partial charge in [-0.25, -0.2) is 0 Å². The van der Waals surface area contributed by atoms with Gasteiger partial charge in [-0.3, -0.25) is 19.3 Å². The fourth-order valence-corrected chi connectivity index (χ4v) is 4.61. The molecule has 9 heteroatoms. The molecule has 3 aromatic rings. The quantitative estimate of drug-likeness (QED) is 0.401. The number of hydrogen-bond acceptors (Lipinski definition) is 6. The average Bonchev–Trinajstić information content (AvgIpc) is 3.58. The minimum absolute atomic E-state index is 0.0640. The molecule has 3 amide bonds. The van der Waals surface area contributed by atoms with E-state index in [2.05, 4.69) is 15.8 Å². The third-order valence-corrected chi connectivity index (χ3v) is 6.54. The number of nitrogens with zero attached hydrogens (tertiary/aromatic N) is 2. The van der Waals surface area contributed by atoms with E-state index in [0.29, 0.717) is 22.8 Å². The predicted octanol–water partition coefficient (Wildman–Crippen LogP) is 4.63. The number of rotatable bonds is 9. The molecule has 2 aromatic carbocycles. The summed E-state index contributed by atoms with van der Waals surface area (Å²) in [4.78, 5) is 41.5. The van der Waals surface area contributed by atoms with Crippen molar-refractivity contribution in [1.82, 2.24) is 10.5 Å². The lowest BCUT2D eigenvalue weighted by Gasteiger charge is -2.32. The van der Waals surface area contributed by atoms with Crippen molar-refractivity contribution in [1.29, 1.82) is 0 Å². The zero-order valence-corrected chi connectivity index (χ0v) is 21.8. The maximum atomic E-state index is 13.8. The van der Waals surface area contributed by atoms with Gasteiger partial charge < -0.3 is 19.9 Å². The summed E-state index contributed by atoms with van der Waals surface area (Å²) in [5.74, 6) is 0.0412. The van der Waals surface area contributed by atoms with Gasteiger partial charge in [0.1, 0.15) is 17.6 Å². The van der Waals surface area contributed by atoms with Crippen LogP contribution in [0, 0.1) is 13.8 Å². The Morgan fingerprint density at radius 3 is 2.39 bits per heavy atom. The molecule has 1 aliphatic carbocycles. The zero-order chi connectivity index (χ0) is 27.1. The highest BCUT2D eigenvalue weighted by molar-refractivity contribution is 6.10. The summed E-state index contributed by atoms with van der Waals surface area (Å²) < 4.78 is 10.2. The second-order valence-corrected chi connectivity index (χ2v) is 9.30. The summed E-state index contributed by atoms with van der Waals surface area (Å²) in [6, 6.07) is 15.1. The molecule has 1 saturated carbocycles. The number of methoxy groups -OCH3 is 1. The van der Waals surface area contributed by atoms with Gasteiger partial charge in [-0.05, 0) is 62.1 Å². The smallest absolute Gasteiger partial charge is 0.252 e. The molecule has 0 unspecified atom stereocenters. The van der Waals surface area contributed by atoms with E-state index < -0.39 is 17.9 Å². The topological polar surface area (TPSA) is 114 Å². The van der Waals surface area contributed by atoms with Gasteiger partial charge in [-0.15, -0.1) is 0 Å². The summed E-state index contributed by atoms with van der Waals surface area (Å²) in [5.41, 5.74) is 2.06. The van der Waals surface area contributed by atoms with Gasteiger partial charge in [0.05, 0.1) is 7.11 Å². The molecule has 0 aliphatic heterocycles. The molecule has 9 nitrogen and oxygen atoms in total. The fourth-order valence-electron chi connectivity index (χ4n) is 4.61. The van der Waals surface area contributed by atoms with Crippen molar-refractivity contribution in [3.63, 3.8) is 0 Å². The van der Waals surface area contributed by atoms with E-state index in [1.54, 1.807) is 44.4 Å². The fraction of sp³-hybridized carbons (Fsp3) is 0.310. The Morgan fingerprint density at radius 2 is 1.76 bits per heavy atom. The van der Waals surface area contributed by atoms with Crippen molar-refractivity contribution in [2.75, 3.05) is 17.3 Å². The molecule has 1 aliphatic rings. The Bertz CT molecular complexity index is 1310. The van der Waals surface area contributed by atoms with E-state index >= 15 is 0 Å². The summed E-state index contributed by atoms with van der Waals surface area (Å²) in [5, 5.41) is 9.44. The molecular weight excluding hydrogens is 484 g/mol. The molecule has 0 bridgehead atoms. The number of carbonyl (C=O) groups excluding carboxylic acids is 3. The number of hydrogen-bond donors (Lipinski definition) is 2. The molecule has 1 heterocycles. The van der Waals surface area contributed by atoms with E-state index in [-0.39, 0.29) is 17.8 Å². The molecule has 0 saturated heterocycles. The number of ether oxygens (including phenoxy) is 1. The Balaban J connectivity index is 1.70. The SMILES string of the molecule is COc1ccc(N(C(=O)/C=C/C(=O)Nc2cc(C)on2)[C@H](C(=O)NC2CCCC2)c2ccccc2C)cc1. The maximum Gasteiger partial charge on any atom is 0.252 e. The Labute approximate surface area is 221 Å². The lowest BCUT2D eigenvalue weighted by atomic mass is 9.97. The third-order valence-electron chi connectivity index (χ3n) is 6.54. The van der Waals surface area contributed by atoms with Crippen LogP contribution in [0.1, 0.15) is 48.6 Å². The average molecular weight is 517 g/mol. The van der Waals surface area contributed by atoms with Gasteiger partial charge in [0.15, 0.2) is 5.82 Å². The molecule has 1 atom stereocenters. The maximum absolute atomic E-state index is 13.8. The van der Waals surface area contributed by atoms with Crippen LogP contribution in [0.15, 0.2) is 71.3 Å². The van der Waals surface area contributed by atoms with E-state index in [9.17, 15) is 14.4 Å². The van der Waals surface area contributed by atoms with E-state index in [1.807, 2.05) is 31.2 Å². The van der Waals surface area contributed by atoms with Crippen molar-refractivity contribution >= 4 is 29.2 Å². The molecule has 38 heavy (non-hydrogen) atoms. The zero-order valence-electron chi connectivity index (χ0n) is 21.8. The van der Waals surface area contributed by atoms with Crippen LogP contribution in [-0.2, 0) is 14.4 Å². The highest BCUT2D eigenvalue weighted by Crippen LogP contribution is 2.32. The van der Waals surface area contributed by atoms with Crippen LogP contribution in [0.5, 0.6) is 5.75 Å². The van der Waals surface area contributed by atoms with Crippen LogP contribution < -0.4 is 20.3 Å². The summed E-state index contributed by atoms with van der Waals surface area (Å²) in [7, 11) is 1.56. The molecule has 1 fully saturated rings. The second kappa shape index (κ2) is 12.2. The van der Waals surface area contributed by atoms with Crippen molar-refractivity contribution in [2.24, 2.45) is 0 Å². The largest absolute Gasteiger partial charge is 0.497 e. The van der Waals surface area contributed by atoms with Gasteiger partial charge in [-0.2, -0.15) is 0 Å². The van der Waals surface area contributed by atoms with Gasteiger partial charge in [0.2, 0.25) is 11.8 Å². The Kier molecular flexibility index (Phi) is 8.58. The van der Waals surface area contributed by atoms with Crippen molar-refractivity contribution in [3.8, 4) is 5.75 Å². The highest BCUT2D eigenvalue weighted by Gasteiger charge is 2.34. The van der Waals surface area contributed by atoms with Gasteiger partial charge in [0, 0.05) is 29.9 Å². The monoisotopic (exact) mass is 516 g/mol. The number of aryl methyl sites for hydroxylation is 2. The van der Waals surface area contributed by atoms with Crippen LogP contribution in [-0.4, -0.2) is 36.0 Å².